The molecule has 0 aromatic heterocycles. The molecule has 1 amide bonds. The average Bonchev–Trinajstić information content (AvgIpc) is 2.88. The van der Waals surface area contributed by atoms with Crippen molar-refractivity contribution in [3.05, 3.63) is 34.3 Å². The summed E-state index contributed by atoms with van der Waals surface area (Å²) in [6.07, 6.45) is -1.73. The summed E-state index contributed by atoms with van der Waals surface area (Å²) < 4.78 is 20.1. The van der Waals surface area contributed by atoms with E-state index in [2.05, 4.69) is 15.9 Å². The number of amides is 1. The number of carbonyl (C=O) groups excluding carboxylic acids is 1. The first-order chi connectivity index (χ1) is 11.6. The molecule has 0 radical (unpaired) electrons. The van der Waals surface area contributed by atoms with Crippen molar-refractivity contribution in [1.82, 2.24) is 4.90 Å². The molecule has 1 heterocycles. The molecule has 1 aromatic carbocycles. The zero-order chi connectivity index (χ0) is 18.8. The highest BCUT2D eigenvalue weighted by atomic mass is 79.9. The number of aliphatic hydroxyl groups excluding tert-OH is 1. The number of halogens is 2. The summed E-state index contributed by atoms with van der Waals surface area (Å²) in [6.45, 7) is 5.16. The number of ether oxygens (including phenoxy) is 1. The summed E-state index contributed by atoms with van der Waals surface area (Å²) in [7, 11) is 0. The quantitative estimate of drug-likeness (QED) is 0.704. The number of thioether (sulfide) groups is 1. The minimum Gasteiger partial charge on any atom is -0.444 e. The Labute approximate surface area is 160 Å². The number of hydrogen-bond acceptors (Lipinski definition) is 5. The van der Waals surface area contributed by atoms with Gasteiger partial charge >= 0.3 is 6.09 Å². The van der Waals surface area contributed by atoms with Crippen molar-refractivity contribution in [3.8, 4) is 0 Å². The van der Waals surface area contributed by atoms with Crippen LogP contribution in [-0.2, 0) is 4.74 Å². The van der Waals surface area contributed by atoms with E-state index in [1.807, 2.05) is 24.3 Å². The van der Waals surface area contributed by atoms with Crippen molar-refractivity contribution in [2.24, 2.45) is 5.73 Å². The van der Waals surface area contributed by atoms with E-state index >= 15 is 0 Å². The molecule has 0 saturated carbocycles. The Balaban J connectivity index is 2.03. The molecular weight excluding hydrogens is 411 g/mol. The molecule has 1 aromatic rings. The molecule has 2 rings (SSSR count). The lowest BCUT2D eigenvalue weighted by molar-refractivity contribution is 0.0145. The van der Waals surface area contributed by atoms with Crippen LogP contribution in [0.3, 0.4) is 0 Å². The predicted molar refractivity (Wildman–Crippen MR) is 101 cm³/mol. The molecule has 1 aliphatic rings. The third-order valence-corrected chi connectivity index (χ3v) is 5.42. The lowest BCUT2D eigenvalue weighted by Crippen LogP contribution is -2.44. The van der Waals surface area contributed by atoms with Crippen LogP contribution in [0.1, 0.15) is 38.1 Å². The molecule has 8 heteroatoms. The summed E-state index contributed by atoms with van der Waals surface area (Å²) in [6, 6.07) is 6.76. The number of carbonyl (C=O) groups is 1. The van der Waals surface area contributed by atoms with Gasteiger partial charge in [0, 0.05) is 10.9 Å². The van der Waals surface area contributed by atoms with E-state index in [0.29, 0.717) is 0 Å². The Bertz CT molecular complexity index is 597. The van der Waals surface area contributed by atoms with Crippen molar-refractivity contribution in [2.75, 3.05) is 6.54 Å². The summed E-state index contributed by atoms with van der Waals surface area (Å²) in [5.74, 6) is 0. The van der Waals surface area contributed by atoms with Crippen molar-refractivity contribution >= 4 is 33.8 Å². The monoisotopic (exact) mass is 434 g/mol. The molecule has 4 atom stereocenters. The number of benzene rings is 1. The topological polar surface area (TPSA) is 75.8 Å². The Hall–Kier alpha value is -0.830. The van der Waals surface area contributed by atoms with Gasteiger partial charge in [-0.2, -0.15) is 0 Å². The minimum absolute atomic E-state index is 0.0699. The molecule has 0 aliphatic carbocycles. The van der Waals surface area contributed by atoms with Crippen LogP contribution in [0.2, 0.25) is 0 Å². The van der Waals surface area contributed by atoms with Crippen molar-refractivity contribution in [2.45, 2.75) is 55.8 Å². The second-order valence-corrected chi connectivity index (χ2v) is 9.21. The fourth-order valence-electron chi connectivity index (χ4n) is 2.59. The van der Waals surface area contributed by atoms with Crippen LogP contribution < -0.4 is 5.73 Å². The number of likely N-dealkylation sites (tertiary alicyclic amines) is 1. The Morgan fingerprint density at radius 2 is 2.04 bits per heavy atom. The Kier molecular flexibility index (Phi) is 6.75. The van der Waals surface area contributed by atoms with E-state index in [4.69, 9.17) is 10.5 Å². The van der Waals surface area contributed by atoms with Crippen LogP contribution in [-0.4, -0.2) is 45.9 Å². The minimum atomic E-state index is -1.18. The second kappa shape index (κ2) is 8.24. The Morgan fingerprint density at radius 1 is 1.44 bits per heavy atom. The summed E-state index contributed by atoms with van der Waals surface area (Å²) in [5.41, 5.74) is 5.28. The number of nitrogens with zero attached hydrogens (tertiary/aromatic N) is 1. The lowest BCUT2D eigenvalue weighted by Gasteiger charge is -2.31. The van der Waals surface area contributed by atoms with Crippen molar-refractivity contribution in [3.63, 3.8) is 0 Å². The van der Waals surface area contributed by atoms with Gasteiger partial charge in [0.15, 0.2) is 0 Å². The van der Waals surface area contributed by atoms with E-state index in [9.17, 15) is 14.3 Å². The first-order valence-corrected chi connectivity index (χ1v) is 9.78. The molecule has 25 heavy (non-hydrogen) atoms. The average molecular weight is 435 g/mol. The van der Waals surface area contributed by atoms with Crippen LogP contribution in [0.25, 0.3) is 0 Å². The Morgan fingerprint density at radius 3 is 2.60 bits per heavy atom. The third-order valence-electron chi connectivity index (χ3n) is 3.73. The van der Waals surface area contributed by atoms with E-state index in [1.165, 1.54) is 4.90 Å². The first-order valence-electron chi connectivity index (χ1n) is 8.05. The highest BCUT2D eigenvalue weighted by Gasteiger charge is 2.42. The molecule has 1 aliphatic heterocycles. The van der Waals surface area contributed by atoms with Crippen LogP contribution >= 0.6 is 27.7 Å². The molecule has 3 N–H and O–H groups in total. The van der Waals surface area contributed by atoms with Gasteiger partial charge in [-0.3, -0.25) is 4.90 Å². The zero-order valence-corrected chi connectivity index (χ0v) is 16.9. The fourth-order valence-corrected chi connectivity index (χ4v) is 3.90. The standard InChI is InChI=1S/C17H24BrFN2O3S/c1-17(2,3)24-16(23)21-9-12(19)8-13(21)15(22)25-14(20)10-4-6-11(18)7-5-10/h4-7,12-15,22H,8-9,20H2,1-3H3/t12-,13-,14?,15?/m0/s1. The molecule has 2 unspecified atom stereocenters. The summed E-state index contributed by atoms with van der Waals surface area (Å²) in [4.78, 5) is 13.6. The maximum absolute atomic E-state index is 13.9. The summed E-state index contributed by atoms with van der Waals surface area (Å²) in [5, 5.41) is 10.0. The van der Waals surface area contributed by atoms with Gasteiger partial charge in [-0.05, 0) is 38.5 Å². The van der Waals surface area contributed by atoms with Crippen LogP contribution in [0, 0.1) is 0 Å². The molecule has 1 saturated heterocycles. The zero-order valence-electron chi connectivity index (χ0n) is 14.5. The molecule has 0 bridgehead atoms. The van der Waals surface area contributed by atoms with Gasteiger partial charge in [0.1, 0.15) is 17.2 Å². The number of aliphatic hydroxyl groups is 1. The highest BCUT2D eigenvalue weighted by molar-refractivity contribution is 9.10. The fraction of sp³-hybridized carbons (Fsp3) is 0.588. The largest absolute Gasteiger partial charge is 0.444 e. The van der Waals surface area contributed by atoms with Gasteiger partial charge in [-0.15, -0.1) is 11.8 Å². The SMILES string of the molecule is CC(C)(C)OC(=O)N1C[C@@H](F)C[C@H]1C(O)SC(N)c1ccc(Br)cc1. The first kappa shape index (κ1) is 20.5. The van der Waals surface area contributed by atoms with Crippen molar-refractivity contribution < 1.29 is 19.0 Å². The van der Waals surface area contributed by atoms with Gasteiger partial charge in [0.25, 0.3) is 0 Å². The van der Waals surface area contributed by atoms with E-state index in [0.717, 1.165) is 21.8 Å². The molecule has 5 nitrogen and oxygen atoms in total. The van der Waals surface area contributed by atoms with E-state index in [1.54, 1.807) is 20.8 Å². The van der Waals surface area contributed by atoms with Gasteiger partial charge in [0.05, 0.1) is 18.0 Å². The summed E-state index contributed by atoms with van der Waals surface area (Å²) >= 11 is 4.46. The second-order valence-electron chi connectivity index (χ2n) is 7.03. The van der Waals surface area contributed by atoms with E-state index < -0.39 is 34.7 Å². The number of rotatable bonds is 4. The third kappa shape index (κ3) is 5.84. The van der Waals surface area contributed by atoms with Gasteiger partial charge in [-0.1, -0.05) is 28.1 Å². The van der Waals surface area contributed by atoms with Gasteiger partial charge < -0.3 is 15.6 Å². The van der Waals surface area contributed by atoms with Crippen LogP contribution in [0.4, 0.5) is 9.18 Å². The number of alkyl halides is 1. The maximum Gasteiger partial charge on any atom is 0.410 e. The smallest absolute Gasteiger partial charge is 0.410 e. The van der Waals surface area contributed by atoms with Crippen LogP contribution in [0.15, 0.2) is 28.7 Å². The van der Waals surface area contributed by atoms with Gasteiger partial charge in [-0.25, -0.2) is 9.18 Å². The molecule has 1 fully saturated rings. The highest BCUT2D eigenvalue weighted by Crippen LogP contribution is 2.35. The van der Waals surface area contributed by atoms with Crippen molar-refractivity contribution in [1.29, 1.82) is 0 Å². The lowest BCUT2D eigenvalue weighted by atomic mass is 10.2. The van der Waals surface area contributed by atoms with Crippen LogP contribution in [0.5, 0.6) is 0 Å². The molecule has 140 valence electrons. The number of nitrogens with two attached hydrogens (primary N) is 1. The molecule has 0 spiro atoms. The van der Waals surface area contributed by atoms with E-state index in [-0.39, 0.29) is 13.0 Å². The van der Waals surface area contributed by atoms with Gasteiger partial charge in [0.2, 0.25) is 0 Å². The maximum atomic E-state index is 13.9. The predicted octanol–water partition coefficient (Wildman–Crippen LogP) is 3.81. The molecular formula is C17H24BrFN2O3S. The normalized spacial score (nSPS) is 23.4. The number of hydrogen-bond donors (Lipinski definition) is 2.